The summed E-state index contributed by atoms with van der Waals surface area (Å²) in [4.78, 5) is 12.0. The molecule has 0 aliphatic rings. The lowest BCUT2D eigenvalue weighted by molar-refractivity contribution is 0.251. The van der Waals surface area contributed by atoms with Gasteiger partial charge in [-0.1, -0.05) is 24.3 Å². The van der Waals surface area contributed by atoms with E-state index in [9.17, 15) is 4.79 Å². The van der Waals surface area contributed by atoms with Crippen LogP contribution in [0.15, 0.2) is 42.5 Å². The summed E-state index contributed by atoms with van der Waals surface area (Å²) in [6, 6.07) is 13.5. The minimum absolute atomic E-state index is 0.206. The van der Waals surface area contributed by atoms with Crippen molar-refractivity contribution in [3.63, 3.8) is 0 Å². The van der Waals surface area contributed by atoms with Crippen LogP contribution in [-0.2, 0) is 6.54 Å². The van der Waals surface area contributed by atoms with Gasteiger partial charge in [-0.25, -0.2) is 4.79 Å². The number of carbonyl (C=O) groups excluding carboxylic acids is 1. The van der Waals surface area contributed by atoms with Crippen molar-refractivity contribution in [2.24, 2.45) is 0 Å². The Labute approximate surface area is 131 Å². The van der Waals surface area contributed by atoms with E-state index in [-0.39, 0.29) is 6.03 Å². The van der Waals surface area contributed by atoms with Crippen molar-refractivity contribution in [2.75, 3.05) is 11.9 Å². The number of amides is 2. The fourth-order valence-corrected chi connectivity index (χ4v) is 2.09. The summed E-state index contributed by atoms with van der Waals surface area (Å²) in [5, 5.41) is 5.73. The van der Waals surface area contributed by atoms with E-state index >= 15 is 0 Å². The Balaban J connectivity index is 1.88. The number of anilines is 1. The second-order valence-electron chi connectivity index (χ2n) is 5.20. The fourth-order valence-electron chi connectivity index (χ4n) is 2.09. The summed E-state index contributed by atoms with van der Waals surface area (Å²) >= 11 is 0. The van der Waals surface area contributed by atoms with Crippen LogP contribution in [0.1, 0.15) is 23.6 Å². The standard InChI is InChI=1S/C18H22N2O2/c1-4-22-16-9-7-15(8-10-16)12-19-18(21)20-17-11-13(2)5-6-14(17)3/h5-11H,4,12H2,1-3H3,(H2,19,20,21). The molecule has 0 aromatic heterocycles. The van der Waals surface area contributed by atoms with Crippen LogP contribution in [0.25, 0.3) is 0 Å². The average Bonchev–Trinajstić information content (AvgIpc) is 2.51. The predicted octanol–water partition coefficient (Wildman–Crippen LogP) is 4.02. The van der Waals surface area contributed by atoms with Gasteiger partial charge in [0.15, 0.2) is 0 Å². The Kier molecular flexibility index (Phi) is 5.42. The van der Waals surface area contributed by atoms with Gasteiger partial charge in [0.25, 0.3) is 0 Å². The number of nitrogens with one attached hydrogen (secondary N) is 2. The van der Waals surface area contributed by atoms with Crippen LogP contribution in [-0.4, -0.2) is 12.6 Å². The van der Waals surface area contributed by atoms with Crippen molar-refractivity contribution in [2.45, 2.75) is 27.3 Å². The van der Waals surface area contributed by atoms with Crippen LogP contribution < -0.4 is 15.4 Å². The van der Waals surface area contributed by atoms with Gasteiger partial charge in [-0.2, -0.15) is 0 Å². The average molecular weight is 298 g/mol. The van der Waals surface area contributed by atoms with Gasteiger partial charge in [-0.05, 0) is 55.7 Å². The summed E-state index contributed by atoms with van der Waals surface area (Å²) in [6.07, 6.45) is 0. The topological polar surface area (TPSA) is 50.4 Å². The molecule has 2 aromatic rings. The minimum Gasteiger partial charge on any atom is -0.494 e. The molecule has 22 heavy (non-hydrogen) atoms. The first-order valence-corrected chi connectivity index (χ1v) is 7.42. The summed E-state index contributed by atoms with van der Waals surface area (Å²) in [6.45, 7) is 7.05. The van der Waals surface area contributed by atoms with E-state index in [1.54, 1.807) is 0 Å². The molecule has 2 amide bonds. The van der Waals surface area contributed by atoms with Crippen molar-refractivity contribution in [1.82, 2.24) is 5.32 Å². The van der Waals surface area contributed by atoms with E-state index in [1.165, 1.54) is 0 Å². The zero-order valence-electron chi connectivity index (χ0n) is 13.3. The molecular formula is C18H22N2O2. The first-order valence-electron chi connectivity index (χ1n) is 7.42. The van der Waals surface area contributed by atoms with Crippen molar-refractivity contribution in [1.29, 1.82) is 0 Å². The molecular weight excluding hydrogens is 276 g/mol. The normalized spacial score (nSPS) is 10.1. The summed E-state index contributed by atoms with van der Waals surface area (Å²) in [5.41, 5.74) is 4.03. The Bertz CT molecular complexity index is 636. The van der Waals surface area contributed by atoms with E-state index in [0.29, 0.717) is 13.2 Å². The molecule has 4 heteroatoms. The number of carbonyl (C=O) groups is 1. The van der Waals surface area contributed by atoms with Crippen molar-refractivity contribution in [3.8, 4) is 5.75 Å². The molecule has 0 unspecified atom stereocenters. The van der Waals surface area contributed by atoms with Crippen LogP contribution in [0.5, 0.6) is 5.75 Å². The molecule has 0 saturated carbocycles. The molecule has 0 bridgehead atoms. The largest absolute Gasteiger partial charge is 0.494 e. The van der Waals surface area contributed by atoms with Crippen molar-refractivity contribution in [3.05, 3.63) is 59.2 Å². The van der Waals surface area contributed by atoms with Crippen molar-refractivity contribution >= 4 is 11.7 Å². The second kappa shape index (κ2) is 7.50. The number of rotatable bonds is 5. The third-order valence-electron chi connectivity index (χ3n) is 3.33. The van der Waals surface area contributed by atoms with E-state index in [1.807, 2.05) is 63.2 Å². The first kappa shape index (κ1) is 15.9. The number of benzene rings is 2. The lowest BCUT2D eigenvalue weighted by atomic mass is 10.1. The molecule has 2 N–H and O–H groups in total. The monoisotopic (exact) mass is 298 g/mol. The molecule has 0 spiro atoms. The lowest BCUT2D eigenvalue weighted by Crippen LogP contribution is -2.28. The van der Waals surface area contributed by atoms with Crippen LogP contribution in [0.4, 0.5) is 10.5 Å². The Hall–Kier alpha value is -2.49. The van der Waals surface area contributed by atoms with Gasteiger partial charge < -0.3 is 15.4 Å². The highest BCUT2D eigenvalue weighted by Gasteiger charge is 2.04. The highest BCUT2D eigenvalue weighted by Crippen LogP contribution is 2.16. The SMILES string of the molecule is CCOc1ccc(CNC(=O)Nc2cc(C)ccc2C)cc1. The number of aryl methyl sites for hydroxylation is 2. The van der Waals surface area contributed by atoms with Crippen LogP contribution in [0, 0.1) is 13.8 Å². The zero-order valence-corrected chi connectivity index (χ0v) is 13.3. The summed E-state index contributed by atoms with van der Waals surface area (Å²) in [7, 11) is 0. The first-order chi connectivity index (χ1) is 10.6. The van der Waals surface area contributed by atoms with Gasteiger partial charge in [0.2, 0.25) is 0 Å². The van der Waals surface area contributed by atoms with Crippen LogP contribution in [0.2, 0.25) is 0 Å². The summed E-state index contributed by atoms with van der Waals surface area (Å²) in [5.74, 6) is 0.839. The molecule has 0 saturated heterocycles. The molecule has 0 radical (unpaired) electrons. The third-order valence-corrected chi connectivity index (χ3v) is 3.33. The van der Waals surface area contributed by atoms with Gasteiger partial charge >= 0.3 is 6.03 Å². The highest BCUT2D eigenvalue weighted by atomic mass is 16.5. The Morgan fingerprint density at radius 3 is 2.50 bits per heavy atom. The maximum absolute atomic E-state index is 12.0. The molecule has 0 atom stereocenters. The molecule has 2 rings (SSSR count). The van der Waals surface area contributed by atoms with Crippen LogP contribution in [0.3, 0.4) is 0 Å². The maximum atomic E-state index is 12.0. The lowest BCUT2D eigenvalue weighted by Gasteiger charge is -2.11. The van der Waals surface area contributed by atoms with E-state index in [4.69, 9.17) is 4.74 Å². The minimum atomic E-state index is -0.206. The van der Waals surface area contributed by atoms with Gasteiger partial charge in [0.1, 0.15) is 5.75 Å². The quantitative estimate of drug-likeness (QED) is 0.875. The number of urea groups is 1. The van der Waals surface area contributed by atoms with Crippen molar-refractivity contribution < 1.29 is 9.53 Å². The maximum Gasteiger partial charge on any atom is 0.319 e. The highest BCUT2D eigenvalue weighted by molar-refractivity contribution is 5.90. The van der Waals surface area contributed by atoms with Crippen LogP contribution >= 0.6 is 0 Å². The number of ether oxygens (including phenoxy) is 1. The van der Waals surface area contributed by atoms with E-state index in [2.05, 4.69) is 10.6 Å². The van der Waals surface area contributed by atoms with E-state index < -0.39 is 0 Å². The summed E-state index contributed by atoms with van der Waals surface area (Å²) < 4.78 is 5.39. The predicted molar refractivity (Wildman–Crippen MR) is 89.4 cm³/mol. The van der Waals surface area contributed by atoms with Gasteiger partial charge in [-0.3, -0.25) is 0 Å². The van der Waals surface area contributed by atoms with Gasteiger partial charge in [-0.15, -0.1) is 0 Å². The molecule has 4 nitrogen and oxygen atoms in total. The smallest absolute Gasteiger partial charge is 0.319 e. The Morgan fingerprint density at radius 2 is 1.82 bits per heavy atom. The zero-order chi connectivity index (χ0) is 15.9. The third kappa shape index (κ3) is 4.52. The van der Waals surface area contributed by atoms with Gasteiger partial charge in [0, 0.05) is 12.2 Å². The number of hydrogen-bond donors (Lipinski definition) is 2. The Morgan fingerprint density at radius 1 is 1.09 bits per heavy atom. The molecule has 2 aromatic carbocycles. The molecule has 0 aliphatic heterocycles. The molecule has 0 aliphatic carbocycles. The molecule has 0 heterocycles. The molecule has 0 fully saturated rings. The molecule has 116 valence electrons. The second-order valence-corrected chi connectivity index (χ2v) is 5.20. The van der Waals surface area contributed by atoms with E-state index in [0.717, 1.165) is 28.1 Å². The number of hydrogen-bond acceptors (Lipinski definition) is 2. The fraction of sp³-hybridized carbons (Fsp3) is 0.278. The van der Waals surface area contributed by atoms with Gasteiger partial charge in [0.05, 0.1) is 6.61 Å².